The Morgan fingerprint density at radius 2 is 1.86 bits per heavy atom. The molecule has 1 saturated carbocycles. The maximum absolute atomic E-state index is 6.51. The van der Waals surface area contributed by atoms with Gasteiger partial charge in [0.25, 0.3) is 0 Å². The van der Waals surface area contributed by atoms with E-state index in [2.05, 4.69) is 56.5 Å². The lowest BCUT2D eigenvalue weighted by atomic mass is 10.1. The van der Waals surface area contributed by atoms with Crippen molar-refractivity contribution in [3.63, 3.8) is 0 Å². The predicted octanol–water partition coefficient (Wildman–Crippen LogP) is 4.58. The van der Waals surface area contributed by atoms with Gasteiger partial charge in [-0.1, -0.05) is 18.9 Å². The Hall–Kier alpha value is -2.27. The third kappa shape index (κ3) is 3.93. The number of benzene rings is 1. The molecule has 2 fully saturated rings. The largest absolute Gasteiger partial charge is 0.490 e. The summed E-state index contributed by atoms with van der Waals surface area (Å²) in [6.45, 7) is 3.29. The fourth-order valence-corrected chi connectivity index (χ4v) is 5.09. The van der Waals surface area contributed by atoms with Crippen LogP contribution in [-0.4, -0.2) is 44.8 Å². The van der Waals surface area contributed by atoms with E-state index in [0.29, 0.717) is 12.1 Å². The van der Waals surface area contributed by atoms with Crippen molar-refractivity contribution in [2.75, 3.05) is 19.6 Å². The average Bonchev–Trinajstić information content (AvgIpc) is 3.48. The van der Waals surface area contributed by atoms with Gasteiger partial charge in [-0.15, -0.1) is 0 Å². The lowest BCUT2D eigenvalue weighted by molar-refractivity contribution is 0.102. The lowest BCUT2D eigenvalue weighted by Gasteiger charge is -2.32. The molecule has 1 aromatic carbocycles. The van der Waals surface area contributed by atoms with Crippen LogP contribution in [0.5, 0.6) is 5.75 Å². The van der Waals surface area contributed by atoms with Gasteiger partial charge in [-0.2, -0.15) is 0 Å². The van der Waals surface area contributed by atoms with E-state index in [1.807, 2.05) is 12.4 Å². The highest BCUT2D eigenvalue weighted by molar-refractivity contribution is 5.86. The number of ether oxygens (including phenoxy) is 1. The van der Waals surface area contributed by atoms with E-state index in [0.717, 1.165) is 44.6 Å². The Balaban J connectivity index is 1.19. The van der Waals surface area contributed by atoms with Crippen LogP contribution in [0.25, 0.3) is 10.9 Å². The van der Waals surface area contributed by atoms with Gasteiger partial charge in [-0.25, -0.2) is 4.98 Å². The fourth-order valence-electron chi connectivity index (χ4n) is 5.09. The van der Waals surface area contributed by atoms with Gasteiger partial charge >= 0.3 is 0 Å². The Labute approximate surface area is 173 Å². The van der Waals surface area contributed by atoms with E-state index < -0.39 is 0 Å². The molecule has 154 valence electrons. The van der Waals surface area contributed by atoms with Crippen LogP contribution in [0, 0.1) is 0 Å². The van der Waals surface area contributed by atoms with Crippen molar-refractivity contribution in [2.45, 2.75) is 57.1 Å². The minimum Gasteiger partial charge on any atom is -0.490 e. The molecule has 1 aliphatic heterocycles. The third-order valence-corrected chi connectivity index (χ3v) is 6.84. The molecule has 1 aliphatic carbocycles. The monoisotopic (exact) mass is 392 g/mol. The zero-order valence-corrected chi connectivity index (χ0v) is 17.5. The number of aryl methyl sites for hydroxylation is 1. The summed E-state index contributed by atoms with van der Waals surface area (Å²) in [5.74, 6) is 2.23. The van der Waals surface area contributed by atoms with Gasteiger partial charge < -0.3 is 18.8 Å². The quantitative estimate of drug-likeness (QED) is 0.616. The highest BCUT2D eigenvalue weighted by atomic mass is 16.5. The van der Waals surface area contributed by atoms with Gasteiger partial charge in [0.2, 0.25) is 0 Å². The van der Waals surface area contributed by atoms with Gasteiger partial charge in [0.05, 0.1) is 5.52 Å². The van der Waals surface area contributed by atoms with Gasteiger partial charge in [0, 0.05) is 63.1 Å². The second kappa shape index (κ2) is 8.23. The number of fused-ring (bicyclic) bond motifs is 1. The van der Waals surface area contributed by atoms with Crippen LogP contribution in [-0.2, 0) is 13.5 Å². The first-order chi connectivity index (χ1) is 14.3. The number of imidazole rings is 1. The Morgan fingerprint density at radius 1 is 1.03 bits per heavy atom. The predicted molar refractivity (Wildman–Crippen MR) is 116 cm³/mol. The molecule has 2 aliphatic rings. The Bertz CT molecular complexity index is 945. The van der Waals surface area contributed by atoms with Crippen molar-refractivity contribution in [3.05, 3.63) is 48.7 Å². The van der Waals surface area contributed by atoms with E-state index in [1.165, 1.54) is 42.4 Å². The summed E-state index contributed by atoms with van der Waals surface area (Å²) in [6, 6.07) is 9.48. The van der Waals surface area contributed by atoms with Crippen LogP contribution in [0.4, 0.5) is 0 Å². The summed E-state index contributed by atoms with van der Waals surface area (Å²) >= 11 is 0. The molecule has 5 heteroatoms. The standard InChI is InChI=1S/C24H32N4O/c1-26-18-13-25-24(26)12-16-27-14-9-20(10-15-27)29-23-8-4-7-22-21(23)11-17-28(22)19-5-2-3-6-19/h4,7-8,11,13,17-20H,2-3,5-6,9-10,12,14-16H2,1H3. The molecule has 0 spiro atoms. The normalized spacial score (nSPS) is 19.3. The van der Waals surface area contributed by atoms with E-state index in [1.54, 1.807) is 0 Å². The molecule has 3 aromatic rings. The molecule has 5 rings (SSSR count). The summed E-state index contributed by atoms with van der Waals surface area (Å²) in [4.78, 5) is 6.99. The number of hydrogen-bond donors (Lipinski definition) is 0. The highest BCUT2D eigenvalue weighted by Crippen LogP contribution is 2.36. The number of rotatable bonds is 6. The zero-order valence-electron chi connectivity index (χ0n) is 17.5. The molecule has 0 unspecified atom stereocenters. The third-order valence-electron chi connectivity index (χ3n) is 6.84. The fraction of sp³-hybridized carbons (Fsp3) is 0.542. The van der Waals surface area contributed by atoms with Gasteiger partial charge in [-0.05, 0) is 43.9 Å². The molecule has 0 amide bonds. The maximum atomic E-state index is 6.51. The van der Waals surface area contributed by atoms with E-state index in [9.17, 15) is 0 Å². The molecule has 29 heavy (non-hydrogen) atoms. The molecule has 2 aromatic heterocycles. The molecule has 0 radical (unpaired) electrons. The average molecular weight is 393 g/mol. The Morgan fingerprint density at radius 3 is 2.62 bits per heavy atom. The molecule has 0 bridgehead atoms. The van der Waals surface area contributed by atoms with Crippen LogP contribution in [0.15, 0.2) is 42.9 Å². The van der Waals surface area contributed by atoms with Crippen LogP contribution in [0.1, 0.15) is 50.4 Å². The molecule has 5 nitrogen and oxygen atoms in total. The summed E-state index contributed by atoms with van der Waals surface area (Å²) < 4.78 is 11.1. The molecule has 0 atom stereocenters. The summed E-state index contributed by atoms with van der Waals surface area (Å²) in [5, 5.41) is 1.27. The number of hydrogen-bond acceptors (Lipinski definition) is 3. The Kier molecular flexibility index (Phi) is 5.32. The number of aromatic nitrogens is 3. The van der Waals surface area contributed by atoms with Crippen molar-refractivity contribution >= 4 is 10.9 Å². The first-order valence-corrected chi connectivity index (χ1v) is 11.2. The van der Waals surface area contributed by atoms with Crippen LogP contribution < -0.4 is 4.74 Å². The lowest BCUT2D eigenvalue weighted by Crippen LogP contribution is -2.39. The minimum absolute atomic E-state index is 0.319. The second-order valence-electron chi connectivity index (χ2n) is 8.71. The van der Waals surface area contributed by atoms with Crippen LogP contribution >= 0.6 is 0 Å². The number of nitrogens with zero attached hydrogens (tertiary/aromatic N) is 4. The summed E-state index contributed by atoms with van der Waals surface area (Å²) in [6.07, 6.45) is 15.1. The molecule has 1 saturated heterocycles. The van der Waals surface area contributed by atoms with Crippen molar-refractivity contribution in [1.82, 2.24) is 19.0 Å². The second-order valence-corrected chi connectivity index (χ2v) is 8.71. The van der Waals surface area contributed by atoms with E-state index in [-0.39, 0.29) is 0 Å². The number of piperidine rings is 1. The first-order valence-electron chi connectivity index (χ1n) is 11.2. The van der Waals surface area contributed by atoms with Crippen molar-refractivity contribution in [1.29, 1.82) is 0 Å². The van der Waals surface area contributed by atoms with Crippen LogP contribution in [0.2, 0.25) is 0 Å². The van der Waals surface area contributed by atoms with Gasteiger partial charge in [0.1, 0.15) is 17.7 Å². The summed E-state index contributed by atoms with van der Waals surface area (Å²) in [5.41, 5.74) is 1.34. The van der Waals surface area contributed by atoms with Crippen molar-refractivity contribution in [3.8, 4) is 5.75 Å². The van der Waals surface area contributed by atoms with Gasteiger partial charge in [0.15, 0.2) is 0 Å². The van der Waals surface area contributed by atoms with Crippen molar-refractivity contribution < 1.29 is 4.74 Å². The summed E-state index contributed by atoms with van der Waals surface area (Å²) in [7, 11) is 2.07. The topological polar surface area (TPSA) is 35.2 Å². The van der Waals surface area contributed by atoms with E-state index in [4.69, 9.17) is 4.74 Å². The minimum atomic E-state index is 0.319. The maximum Gasteiger partial charge on any atom is 0.129 e. The smallest absolute Gasteiger partial charge is 0.129 e. The number of likely N-dealkylation sites (tertiary alicyclic amines) is 1. The molecular weight excluding hydrogens is 360 g/mol. The first kappa shape index (κ1) is 18.7. The molecule has 3 heterocycles. The SMILES string of the molecule is Cn1ccnc1CCN1CCC(Oc2cccc3c2ccn3C2CCCC2)CC1. The highest BCUT2D eigenvalue weighted by Gasteiger charge is 2.23. The van der Waals surface area contributed by atoms with Crippen molar-refractivity contribution in [2.24, 2.45) is 7.05 Å². The van der Waals surface area contributed by atoms with E-state index >= 15 is 0 Å². The van der Waals surface area contributed by atoms with Gasteiger partial charge in [-0.3, -0.25) is 0 Å². The van der Waals surface area contributed by atoms with Crippen LogP contribution in [0.3, 0.4) is 0 Å². The zero-order chi connectivity index (χ0) is 19.6. The molecular formula is C24H32N4O. The molecule has 0 N–H and O–H groups in total.